The van der Waals surface area contributed by atoms with E-state index >= 15 is 0 Å². The van der Waals surface area contributed by atoms with E-state index in [1.807, 2.05) is 37.5 Å². The Labute approximate surface area is 200 Å². The van der Waals surface area contributed by atoms with Crippen LogP contribution in [0.3, 0.4) is 0 Å². The van der Waals surface area contributed by atoms with Crippen molar-refractivity contribution < 1.29 is 13.2 Å². The minimum atomic E-state index is -4.34. The largest absolute Gasteiger partial charge is 0.404 e. The number of halogens is 3. The van der Waals surface area contributed by atoms with E-state index in [2.05, 4.69) is 25.7 Å². The molecule has 0 aliphatic heterocycles. The molecular formula is C24H23F3N6S. The monoisotopic (exact) mass is 484 g/mol. The Morgan fingerprint density at radius 3 is 2.47 bits per heavy atom. The third kappa shape index (κ3) is 5.21. The Morgan fingerprint density at radius 1 is 1.12 bits per heavy atom. The highest BCUT2D eigenvalue weighted by molar-refractivity contribution is 7.97. The Balaban J connectivity index is 0.00000158. The van der Waals surface area contributed by atoms with E-state index in [9.17, 15) is 18.4 Å². The van der Waals surface area contributed by atoms with E-state index in [1.54, 1.807) is 36.8 Å². The third-order valence-electron chi connectivity index (χ3n) is 4.78. The zero-order chi connectivity index (χ0) is 24.9. The molecule has 10 heteroatoms. The maximum atomic E-state index is 12.7. The molecule has 0 radical (unpaired) electrons. The summed E-state index contributed by atoms with van der Waals surface area (Å²) < 4.78 is 42.4. The van der Waals surface area contributed by atoms with Gasteiger partial charge in [0, 0.05) is 23.5 Å². The highest BCUT2D eigenvalue weighted by Gasteiger charge is 2.35. The molecule has 1 unspecified atom stereocenters. The summed E-state index contributed by atoms with van der Waals surface area (Å²) in [4.78, 5) is 13.6. The van der Waals surface area contributed by atoms with Gasteiger partial charge in [0.2, 0.25) is 0 Å². The predicted octanol–water partition coefficient (Wildman–Crippen LogP) is 6.24. The molecule has 0 amide bonds. The van der Waals surface area contributed by atoms with E-state index in [1.165, 1.54) is 6.20 Å². The van der Waals surface area contributed by atoms with Gasteiger partial charge >= 0.3 is 6.18 Å². The molecule has 6 nitrogen and oxygen atoms in total. The number of hydrogen-bond acceptors (Lipinski definition) is 6. The second-order valence-electron chi connectivity index (χ2n) is 7.12. The first-order valence-electron chi connectivity index (χ1n) is 10.6. The van der Waals surface area contributed by atoms with Crippen molar-refractivity contribution in [3.05, 3.63) is 66.2 Å². The van der Waals surface area contributed by atoms with Crippen LogP contribution in [0.4, 0.5) is 13.2 Å². The van der Waals surface area contributed by atoms with Crippen LogP contribution in [-0.4, -0.2) is 31.7 Å². The van der Waals surface area contributed by atoms with Gasteiger partial charge in [0.15, 0.2) is 0 Å². The summed E-state index contributed by atoms with van der Waals surface area (Å²) in [7, 11) is 0. The number of aryl methyl sites for hydroxylation is 1. The first-order valence-corrected chi connectivity index (χ1v) is 11.4. The number of fused-ring (bicyclic) bond motifs is 1. The molecule has 1 atom stereocenters. The molecule has 1 N–H and O–H groups in total. The van der Waals surface area contributed by atoms with Crippen molar-refractivity contribution in [3.63, 3.8) is 0 Å². The molecule has 4 rings (SSSR count). The van der Waals surface area contributed by atoms with Crippen LogP contribution in [-0.2, 0) is 0 Å². The number of alkyl halides is 3. The minimum Gasteiger partial charge on any atom is -0.303 e. The van der Waals surface area contributed by atoms with E-state index < -0.39 is 12.2 Å². The van der Waals surface area contributed by atoms with Crippen LogP contribution in [0.5, 0.6) is 0 Å². The fraction of sp³-hybridized carbons (Fsp3) is 0.250. The van der Waals surface area contributed by atoms with Crippen molar-refractivity contribution in [2.45, 2.75) is 44.8 Å². The van der Waals surface area contributed by atoms with Crippen LogP contribution in [0.1, 0.15) is 31.9 Å². The molecule has 4 heterocycles. The van der Waals surface area contributed by atoms with Gasteiger partial charge in [-0.15, -0.1) is 0 Å². The van der Waals surface area contributed by atoms with Gasteiger partial charge in [0.05, 0.1) is 28.8 Å². The quantitative estimate of drug-likeness (QED) is 0.338. The van der Waals surface area contributed by atoms with Crippen molar-refractivity contribution in [3.8, 4) is 23.1 Å². The van der Waals surface area contributed by atoms with E-state index in [0.29, 0.717) is 27.4 Å². The van der Waals surface area contributed by atoms with Crippen LogP contribution < -0.4 is 4.72 Å². The summed E-state index contributed by atoms with van der Waals surface area (Å²) >= 11 is 0.850. The SMILES string of the molecule is CC.Cc1cnc2c(C#N)c(-c3ccc(SNC(C)C(F)(F)F)cn3)n(-c3cccnc3)c2c1. The summed E-state index contributed by atoms with van der Waals surface area (Å²) in [6, 6.07) is 9.50. The lowest BCUT2D eigenvalue weighted by molar-refractivity contribution is -0.146. The Kier molecular flexibility index (Phi) is 7.91. The first-order chi connectivity index (χ1) is 16.3. The zero-order valence-corrected chi connectivity index (χ0v) is 19.9. The lowest BCUT2D eigenvalue weighted by Gasteiger charge is -2.16. The Bertz CT molecular complexity index is 1300. The van der Waals surface area contributed by atoms with Gasteiger partial charge in [-0.25, -0.2) is 4.72 Å². The summed E-state index contributed by atoms with van der Waals surface area (Å²) in [6.45, 7) is 6.97. The predicted molar refractivity (Wildman–Crippen MR) is 127 cm³/mol. The van der Waals surface area contributed by atoms with Crippen molar-refractivity contribution in [2.75, 3.05) is 0 Å². The number of nitrogens with zero attached hydrogens (tertiary/aromatic N) is 5. The third-order valence-corrected chi connectivity index (χ3v) is 5.73. The van der Waals surface area contributed by atoms with Crippen molar-refractivity contribution in [2.24, 2.45) is 0 Å². The number of nitrogens with one attached hydrogen (secondary N) is 1. The standard InChI is InChI=1S/C22H17F3N6S.C2H6/c1-13-8-19-20(29-10-13)17(9-26)21(31(19)15-4-3-7-27-11-15)18-6-5-16(12-28-18)32-30-14(2)22(23,24)25;1-2/h3-8,10-12,14,30H,1-2H3;1-2H3. The van der Waals surface area contributed by atoms with Gasteiger partial charge in [-0.2, -0.15) is 18.4 Å². The molecule has 4 aromatic rings. The first kappa shape index (κ1) is 25.2. The topological polar surface area (TPSA) is 79.4 Å². The van der Waals surface area contributed by atoms with Gasteiger partial charge in [0.25, 0.3) is 0 Å². The summed E-state index contributed by atoms with van der Waals surface area (Å²) in [5.41, 5.74) is 4.35. The molecule has 0 aliphatic carbocycles. The van der Waals surface area contributed by atoms with E-state index in [4.69, 9.17) is 0 Å². The molecule has 176 valence electrons. The molecule has 0 bridgehead atoms. The number of aromatic nitrogens is 4. The molecule has 0 spiro atoms. The van der Waals surface area contributed by atoms with Crippen molar-refractivity contribution in [1.82, 2.24) is 24.2 Å². The maximum Gasteiger partial charge on any atom is 0.404 e. The van der Waals surface area contributed by atoms with E-state index in [-0.39, 0.29) is 0 Å². The second kappa shape index (κ2) is 10.7. The fourth-order valence-electron chi connectivity index (χ4n) is 3.17. The van der Waals surface area contributed by atoms with Gasteiger partial charge in [-0.05, 0) is 61.7 Å². The van der Waals surface area contributed by atoms with Crippen LogP contribution in [0.25, 0.3) is 28.1 Å². The van der Waals surface area contributed by atoms with Gasteiger partial charge < -0.3 is 4.57 Å². The Morgan fingerprint density at radius 2 is 1.88 bits per heavy atom. The highest BCUT2D eigenvalue weighted by atomic mass is 32.2. The highest BCUT2D eigenvalue weighted by Crippen LogP contribution is 2.35. The minimum absolute atomic E-state index is 0.362. The average Bonchev–Trinajstić information content (AvgIpc) is 3.17. The van der Waals surface area contributed by atoms with Gasteiger partial charge in [0.1, 0.15) is 23.2 Å². The lowest BCUT2D eigenvalue weighted by atomic mass is 10.1. The molecule has 0 aromatic carbocycles. The lowest BCUT2D eigenvalue weighted by Crippen LogP contribution is -2.35. The summed E-state index contributed by atoms with van der Waals surface area (Å²) in [5.74, 6) is 0. The maximum absolute atomic E-state index is 12.7. The molecule has 0 saturated carbocycles. The molecule has 0 aliphatic rings. The van der Waals surface area contributed by atoms with Crippen molar-refractivity contribution >= 4 is 23.0 Å². The number of nitriles is 1. The smallest absolute Gasteiger partial charge is 0.303 e. The van der Waals surface area contributed by atoms with Crippen LogP contribution in [0, 0.1) is 18.3 Å². The van der Waals surface area contributed by atoms with Crippen LogP contribution in [0.15, 0.2) is 60.0 Å². The molecule has 0 fully saturated rings. The van der Waals surface area contributed by atoms with Gasteiger partial charge in [-0.1, -0.05) is 13.8 Å². The van der Waals surface area contributed by atoms with Crippen LogP contribution >= 0.6 is 11.9 Å². The molecular weight excluding hydrogens is 461 g/mol. The van der Waals surface area contributed by atoms with Gasteiger partial charge in [-0.3, -0.25) is 15.0 Å². The second-order valence-corrected chi connectivity index (χ2v) is 8.04. The van der Waals surface area contributed by atoms with Crippen molar-refractivity contribution in [1.29, 1.82) is 5.26 Å². The molecule has 4 aromatic heterocycles. The molecule has 0 saturated heterocycles. The molecule has 34 heavy (non-hydrogen) atoms. The fourth-order valence-corrected chi connectivity index (χ4v) is 3.86. The van der Waals surface area contributed by atoms with E-state index in [0.717, 1.165) is 35.6 Å². The number of hydrogen-bond donors (Lipinski definition) is 1. The Hall–Kier alpha value is -3.42. The summed E-state index contributed by atoms with van der Waals surface area (Å²) in [5, 5.41) is 9.92. The number of pyridine rings is 3. The normalized spacial score (nSPS) is 12.1. The zero-order valence-electron chi connectivity index (χ0n) is 19.1. The number of rotatable bonds is 5. The average molecular weight is 485 g/mol. The van der Waals surface area contributed by atoms with Crippen LogP contribution in [0.2, 0.25) is 0 Å². The summed E-state index contributed by atoms with van der Waals surface area (Å²) in [6.07, 6.45) is 2.17.